The van der Waals surface area contributed by atoms with Gasteiger partial charge >= 0.3 is 0 Å². The Labute approximate surface area is 91.3 Å². The Bertz CT molecular complexity index is 318. The number of ether oxygens (including phenoxy) is 1. The molecule has 82 valence electrons. The molecule has 0 fully saturated rings. The maximum Gasteiger partial charge on any atom is 0.162 e. The molecule has 0 heterocycles. The monoisotopic (exact) mass is 206 g/mol. The van der Waals surface area contributed by atoms with Gasteiger partial charge in [0, 0.05) is 12.0 Å². The molecular formula is C13H18O2. The fourth-order valence-corrected chi connectivity index (χ4v) is 1.30. The van der Waals surface area contributed by atoms with Crippen LogP contribution in [0.4, 0.5) is 0 Å². The quantitative estimate of drug-likeness (QED) is 0.526. The first-order chi connectivity index (χ1) is 7.27. The highest BCUT2D eigenvalue weighted by Crippen LogP contribution is 2.15. The Morgan fingerprint density at radius 3 is 2.80 bits per heavy atom. The van der Waals surface area contributed by atoms with E-state index in [1.165, 1.54) is 0 Å². The van der Waals surface area contributed by atoms with Gasteiger partial charge in [0.2, 0.25) is 0 Å². The van der Waals surface area contributed by atoms with Gasteiger partial charge < -0.3 is 4.74 Å². The average Bonchev–Trinajstić information content (AvgIpc) is 2.29. The van der Waals surface area contributed by atoms with E-state index >= 15 is 0 Å². The molecule has 0 saturated carbocycles. The second-order valence-electron chi connectivity index (χ2n) is 3.51. The first-order valence-electron chi connectivity index (χ1n) is 5.54. The number of ketones is 1. The fraction of sp³-hybridized carbons (Fsp3) is 0.462. The van der Waals surface area contributed by atoms with E-state index in [0.717, 1.165) is 30.8 Å². The molecule has 0 radical (unpaired) electrons. The van der Waals surface area contributed by atoms with Gasteiger partial charge in [-0.15, -0.1) is 0 Å². The van der Waals surface area contributed by atoms with E-state index in [1.54, 1.807) is 0 Å². The first-order valence-corrected chi connectivity index (χ1v) is 5.54. The molecule has 0 saturated heterocycles. The van der Waals surface area contributed by atoms with E-state index in [-0.39, 0.29) is 5.78 Å². The van der Waals surface area contributed by atoms with Crippen LogP contribution in [0.15, 0.2) is 24.3 Å². The summed E-state index contributed by atoms with van der Waals surface area (Å²) >= 11 is 0. The molecule has 0 aliphatic heterocycles. The molecule has 0 aliphatic carbocycles. The third-order valence-electron chi connectivity index (χ3n) is 2.24. The SMILES string of the molecule is CCCCOc1cccc(C(=O)CC)c1. The minimum atomic E-state index is 0.163. The zero-order valence-corrected chi connectivity index (χ0v) is 9.45. The van der Waals surface area contributed by atoms with Crippen LogP contribution in [0, 0.1) is 0 Å². The molecule has 0 aliphatic rings. The second-order valence-corrected chi connectivity index (χ2v) is 3.51. The maximum absolute atomic E-state index is 11.4. The predicted molar refractivity (Wildman–Crippen MR) is 61.5 cm³/mol. The average molecular weight is 206 g/mol. The van der Waals surface area contributed by atoms with Crippen molar-refractivity contribution in [2.45, 2.75) is 33.1 Å². The molecule has 15 heavy (non-hydrogen) atoms. The minimum absolute atomic E-state index is 0.163. The number of Topliss-reactive ketones (excluding diaryl/α,β-unsaturated/α-hetero) is 1. The van der Waals surface area contributed by atoms with E-state index in [1.807, 2.05) is 31.2 Å². The molecule has 2 heteroatoms. The van der Waals surface area contributed by atoms with Crippen molar-refractivity contribution in [1.82, 2.24) is 0 Å². The van der Waals surface area contributed by atoms with Gasteiger partial charge in [0.05, 0.1) is 6.61 Å². The molecule has 1 rings (SSSR count). The Morgan fingerprint density at radius 1 is 1.33 bits per heavy atom. The lowest BCUT2D eigenvalue weighted by Gasteiger charge is -2.06. The van der Waals surface area contributed by atoms with Crippen molar-refractivity contribution in [3.63, 3.8) is 0 Å². The van der Waals surface area contributed by atoms with Gasteiger partial charge in [0.15, 0.2) is 5.78 Å². The number of hydrogen-bond donors (Lipinski definition) is 0. The van der Waals surface area contributed by atoms with Crippen molar-refractivity contribution in [2.24, 2.45) is 0 Å². The van der Waals surface area contributed by atoms with Crippen molar-refractivity contribution < 1.29 is 9.53 Å². The highest BCUT2D eigenvalue weighted by Gasteiger charge is 2.03. The molecule has 0 aromatic heterocycles. The Hall–Kier alpha value is -1.31. The van der Waals surface area contributed by atoms with Crippen LogP contribution in [0.25, 0.3) is 0 Å². The number of rotatable bonds is 6. The molecule has 0 N–H and O–H groups in total. The molecule has 1 aromatic carbocycles. The van der Waals surface area contributed by atoms with E-state index < -0.39 is 0 Å². The van der Waals surface area contributed by atoms with Crippen LogP contribution < -0.4 is 4.74 Å². The number of carbonyl (C=O) groups is 1. The van der Waals surface area contributed by atoms with Gasteiger partial charge in [-0.2, -0.15) is 0 Å². The molecule has 1 aromatic rings. The van der Waals surface area contributed by atoms with Crippen LogP contribution in [-0.2, 0) is 0 Å². The Kier molecular flexibility index (Phi) is 4.88. The summed E-state index contributed by atoms with van der Waals surface area (Å²) in [5.74, 6) is 0.957. The fourth-order valence-electron chi connectivity index (χ4n) is 1.30. The van der Waals surface area contributed by atoms with Crippen LogP contribution in [0.5, 0.6) is 5.75 Å². The molecule has 0 bridgehead atoms. The lowest BCUT2D eigenvalue weighted by atomic mass is 10.1. The van der Waals surface area contributed by atoms with E-state index in [4.69, 9.17) is 4.74 Å². The van der Waals surface area contributed by atoms with Crippen molar-refractivity contribution in [3.8, 4) is 5.75 Å². The number of hydrogen-bond acceptors (Lipinski definition) is 2. The maximum atomic E-state index is 11.4. The molecule has 0 amide bonds. The van der Waals surface area contributed by atoms with Crippen LogP contribution in [0.3, 0.4) is 0 Å². The Balaban J connectivity index is 2.62. The number of carbonyl (C=O) groups excluding carboxylic acids is 1. The first kappa shape index (κ1) is 11.8. The van der Waals surface area contributed by atoms with Crippen molar-refractivity contribution in [3.05, 3.63) is 29.8 Å². The van der Waals surface area contributed by atoms with Crippen molar-refractivity contribution in [2.75, 3.05) is 6.61 Å². The third-order valence-corrected chi connectivity index (χ3v) is 2.24. The standard InChI is InChI=1S/C13H18O2/c1-3-5-9-15-12-8-6-7-11(10-12)13(14)4-2/h6-8,10H,3-5,9H2,1-2H3. The normalized spacial score (nSPS) is 10.0. The van der Waals surface area contributed by atoms with Crippen LogP contribution in [-0.4, -0.2) is 12.4 Å². The van der Waals surface area contributed by atoms with Crippen LogP contribution in [0.2, 0.25) is 0 Å². The van der Waals surface area contributed by atoms with Crippen LogP contribution >= 0.6 is 0 Å². The summed E-state index contributed by atoms with van der Waals surface area (Å²) in [6.45, 7) is 4.72. The van der Waals surface area contributed by atoms with E-state index in [0.29, 0.717) is 6.42 Å². The summed E-state index contributed by atoms with van der Waals surface area (Å²) in [5.41, 5.74) is 0.742. The minimum Gasteiger partial charge on any atom is -0.494 e. The summed E-state index contributed by atoms with van der Waals surface area (Å²) in [6.07, 6.45) is 2.71. The highest BCUT2D eigenvalue weighted by molar-refractivity contribution is 5.96. The zero-order valence-electron chi connectivity index (χ0n) is 9.45. The van der Waals surface area contributed by atoms with Gasteiger partial charge in [-0.05, 0) is 18.6 Å². The topological polar surface area (TPSA) is 26.3 Å². The summed E-state index contributed by atoms with van der Waals surface area (Å²) in [5, 5.41) is 0. The highest BCUT2D eigenvalue weighted by atomic mass is 16.5. The summed E-state index contributed by atoms with van der Waals surface area (Å²) in [4.78, 5) is 11.4. The summed E-state index contributed by atoms with van der Waals surface area (Å²) in [7, 11) is 0. The van der Waals surface area contributed by atoms with Gasteiger partial charge in [-0.3, -0.25) is 4.79 Å². The predicted octanol–water partition coefficient (Wildman–Crippen LogP) is 3.46. The third kappa shape index (κ3) is 3.74. The van der Waals surface area contributed by atoms with Gasteiger partial charge in [-0.1, -0.05) is 32.4 Å². The van der Waals surface area contributed by atoms with Crippen LogP contribution in [0.1, 0.15) is 43.5 Å². The molecule has 0 spiro atoms. The number of benzene rings is 1. The molecule has 2 nitrogen and oxygen atoms in total. The van der Waals surface area contributed by atoms with Gasteiger partial charge in [0.1, 0.15) is 5.75 Å². The van der Waals surface area contributed by atoms with E-state index in [2.05, 4.69) is 6.92 Å². The number of unbranched alkanes of at least 4 members (excludes halogenated alkanes) is 1. The zero-order chi connectivity index (χ0) is 11.1. The lowest BCUT2D eigenvalue weighted by molar-refractivity contribution is 0.0987. The second kappa shape index (κ2) is 6.23. The van der Waals surface area contributed by atoms with E-state index in [9.17, 15) is 4.79 Å². The molecular weight excluding hydrogens is 188 g/mol. The Morgan fingerprint density at radius 2 is 2.13 bits per heavy atom. The van der Waals surface area contributed by atoms with Gasteiger partial charge in [0.25, 0.3) is 0 Å². The smallest absolute Gasteiger partial charge is 0.162 e. The molecule has 0 atom stereocenters. The molecule has 0 unspecified atom stereocenters. The summed E-state index contributed by atoms with van der Waals surface area (Å²) in [6, 6.07) is 7.41. The largest absolute Gasteiger partial charge is 0.494 e. The van der Waals surface area contributed by atoms with Gasteiger partial charge in [-0.25, -0.2) is 0 Å². The summed E-state index contributed by atoms with van der Waals surface area (Å²) < 4.78 is 5.53. The lowest BCUT2D eigenvalue weighted by Crippen LogP contribution is -1.99. The van der Waals surface area contributed by atoms with Crippen molar-refractivity contribution in [1.29, 1.82) is 0 Å². The van der Waals surface area contributed by atoms with Crippen molar-refractivity contribution >= 4 is 5.78 Å².